The normalized spacial score (nSPS) is 32.2. The Morgan fingerprint density at radius 2 is 2.12 bits per heavy atom. The molecule has 0 radical (unpaired) electrons. The van der Waals surface area contributed by atoms with Crippen LogP contribution in [0.1, 0.15) is 43.2 Å². The zero-order chi connectivity index (χ0) is 11.0. The second-order valence-electron chi connectivity index (χ2n) is 5.43. The number of aliphatic hydroxyl groups is 1. The van der Waals surface area contributed by atoms with Gasteiger partial charge in [-0.3, -0.25) is 0 Å². The van der Waals surface area contributed by atoms with Crippen LogP contribution in [0.3, 0.4) is 0 Å². The second kappa shape index (κ2) is 3.89. The van der Waals surface area contributed by atoms with Gasteiger partial charge in [-0.2, -0.15) is 0 Å². The van der Waals surface area contributed by atoms with E-state index in [1.165, 1.54) is 32.1 Å². The fourth-order valence-electron chi connectivity index (χ4n) is 4.08. The molecule has 0 heterocycles. The summed E-state index contributed by atoms with van der Waals surface area (Å²) in [5.74, 6) is 0.797. The van der Waals surface area contributed by atoms with Crippen LogP contribution >= 0.6 is 0 Å². The van der Waals surface area contributed by atoms with Crippen molar-refractivity contribution < 1.29 is 5.11 Å². The molecule has 1 aromatic carbocycles. The molecular formula is C15H20O. The molecule has 16 heavy (non-hydrogen) atoms. The van der Waals surface area contributed by atoms with E-state index < -0.39 is 0 Å². The average molecular weight is 216 g/mol. The van der Waals surface area contributed by atoms with Crippen LogP contribution in [0.5, 0.6) is 0 Å². The number of fused-ring (bicyclic) bond motifs is 3. The minimum absolute atomic E-state index is 0.323. The Kier molecular flexibility index (Phi) is 2.51. The fourth-order valence-corrected chi connectivity index (χ4v) is 4.08. The molecule has 2 atom stereocenters. The van der Waals surface area contributed by atoms with Gasteiger partial charge in [0.25, 0.3) is 0 Å². The van der Waals surface area contributed by atoms with Crippen molar-refractivity contribution in [2.24, 2.45) is 5.92 Å². The van der Waals surface area contributed by atoms with Crippen molar-refractivity contribution in [2.75, 3.05) is 6.61 Å². The summed E-state index contributed by atoms with van der Waals surface area (Å²) in [5, 5.41) is 9.39. The second-order valence-corrected chi connectivity index (χ2v) is 5.43. The molecule has 3 rings (SSSR count). The van der Waals surface area contributed by atoms with E-state index in [2.05, 4.69) is 24.3 Å². The summed E-state index contributed by atoms with van der Waals surface area (Å²) in [6.45, 7) is 0.338. The number of aliphatic hydroxyl groups excluding tert-OH is 1. The molecule has 2 aliphatic rings. The lowest BCUT2D eigenvalue weighted by Gasteiger charge is -2.40. The maximum Gasteiger partial charge on any atom is 0.0439 e. The molecule has 1 nitrogen and oxygen atoms in total. The first-order chi connectivity index (χ1) is 7.87. The minimum Gasteiger partial charge on any atom is -0.396 e. The van der Waals surface area contributed by atoms with Crippen LogP contribution < -0.4 is 0 Å². The van der Waals surface area contributed by atoms with E-state index in [0.717, 1.165) is 12.3 Å². The predicted molar refractivity (Wildman–Crippen MR) is 65.5 cm³/mol. The third-order valence-corrected chi connectivity index (χ3v) is 4.78. The molecule has 0 aromatic heterocycles. The summed E-state index contributed by atoms with van der Waals surface area (Å²) >= 11 is 0. The van der Waals surface area contributed by atoms with Crippen molar-refractivity contribution in [2.45, 2.75) is 43.9 Å². The van der Waals surface area contributed by atoms with Gasteiger partial charge in [0.15, 0.2) is 0 Å². The molecule has 1 aromatic rings. The molecule has 2 aliphatic carbocycles. The summed E-state index contributed by atoms with van der Waals surface area (Å²) in [4.78, 5) is 0. The predicted octanol–water partition coefficient (Wildman–Crippen LogP) is 3.05. The molecule has 0 unspecified atom stereocenters. The van der Waals surface area contributed by atoms with E-state index >= 15 is 0 Å². The van der Waals surface area contributed by atoms with Crippen molar-refractivity contribution in [3.8, 4) is 0 Å². The lowest BCUT2D eigenvalue weighted by Crippen LogP contribution is -2.35. The molecule has 0 spiro atoms. The highest BCUT2D eigenvalue weighted by Crippen LogP contribution is 2.53. The van der Waals surface area contributed by atoms with Crippen LogP contribution in [0.2, 0.25) is 0 Å². The molecule has 1 N–H and O–H groups in total. The van der Waals surface area contributed by atoms with Crippen LogP contribution in [0.15, 0.2) is 24.3 Å². The molecule has 1 saturated carbocycles. The van der Waals surface area contributed by atoms with Crippen LogP contribution in [0, 0.1) is 5.92 Å². The fraction of sp³-hybridized carbons (Fsp3) is 0.600. The van der Waals surface area contributed by atoms with Crippen LogP contribution in [-0.4, -0.2) is 11.7 Å². The van der Waals surface area contributed by atoms with Crippen LogP contribution in [0.4, 0.5) is 0 Å². The third kappa shape index (κ3) is 1.34. The Balaban J connectivity index is 2.06. The van der Waals surface area contributed by atoms with Crippen molar-refractivity contribution in [3.63, 3.8) is 0 Å². The lowest BCUT2D eigenvalue weighted by molar-refractivity contribution is 0.149. The van der Waals surface area contributed by atoms with Crippen molar-refractivity contribution in [1.82, 2.24) is 0 Å². The first-order valence-electron chi connectivity index (χ1n) is 6.56. The Morgan fingerprint density at radius 3 is 3.00 bits per heavy atom. The number of rotatable bonds is 2. The molecule has 0 saturated heterocycles. The number of benzene rings is 1. The highest BCUT2D eigenvalue weighted by Gasteiger charge is 2.46. The standard InChI is InChI=1S/C15H20O/c16-10-9-15-8-4-3-6-13(15)11-12-5-1-2-7-14(12)15/h1-2,5,7,13,16H,3-4,6,8-11H2/t13-,15+/m0/s1. The maximum absolute atomic E-state index is 9.39. The van der Waals surface area contributed by atoms with Crippen molar-refractivity contribution >= 4 is 0 Å². The van der Waals surface area contributed by atoms with E-state index in [1.807, 2.05) is 0 Å². The first kappa shape index (κ1) is 10.3. The van der Waals surface area contributed by atoms with Gasteiger partial charge in [-0.25, -0.2) is 0 Å². The topological polar surface area (TPSA) is 20.2 Å². The molecule has 86 valence electrons. The highest BCUT2D eigenvalue weighted by molar-refractivity contribution is 5.41. The zero-order valence-electron chi connectivity index (χ0n) is 9.78. The SMILES string of the molecule is OCC[C@]12CCCC[C@H]1Cc1ccccc12. The van der Waals surface area contributed by atoms with Gasteiger partial charge in [0.05, 0.1) is 0 Å². The van der Waals surface area contributed by atoms with Crippen LogP contribution in [0.25, 0.3) is 0 Å². The van der Waals surface area contributed by atoms with Gasteiger partial charge >= 0.3 is 0 Å². The van der Waals surface area contributed by atoms with Crippen molar-refractivity contribution in [3.05, 3.63) is 35.4 Å². The summed E-state index contributed by atoms with van der Waals surface area (Å²) < 4.78 is 0. The molecular weight excluding hydrogens is 196 g/mol. The molecule has 0 amide bonds. The molecule has 1 heteroatoms. The first-order valence-corrected chi connectivity index (χ1v) is 6.56. The lowest BCUT2D eigenvalue weighted by atomic mass is 9.64. The largest absolute Gasteiger partial charge is 0.396 e. The van der Waals surface area contributed by atoms with Crippen LogP contribution in [-0.2, 0) is 11.8 Å². The van der Waals surface area contributed by atoms with Gasteiger partial charge in [-0.1, -0.05) is 37.1 Å². The van der Waals surface area contributed by atoms with Gasteiger partial charge in [-0.05, 0) is 42.7 Å². The summed E-state index contributed by atoms with van der Waals surface area (Å²) in [6, 6.07) is 8.90. The smallest absolute Gasteiger partial charge is 0.0439 e. The van der Waals surface area contributed by atoms with E-state index in [9.17, 15) is 5.11 Å². The highest BCUT2D eigenvalue weighted by atomic mass is 16.3. The number of hydrogen-bond acceptors (Lipinski definition) is 1. The average Bonchev–Trinajstić information content (AvgIpc) is 2.64. The zero-order valence-corrected chi connectivity index (χ0v) is 9.78. The maximum atomic E-state index is 9.39. The van der Waals surface area contributed by atoms with Gasteiger partial charge in [-0.15, -0.1) is 0 Å². The molecule has 0 bridgehead atoms. The van der Waals surface area contributed by atoms with E-state index in [-0.39, 0.29) is 0 Å². The molecule has 1 fully saturated rings. The number of hydrogen-bond donors (Lipinski definition) is 1. The Hall–Kier alpha value is -0.820. The Morgan fingerprint density at radius 1 is 1.25 bits per heavy atom. The summed E-state index contributed by atoms with van der Waals surface area (Å²) in [7, 11) is 0. The Bertz CT molecular complexity index is 381. The van der Waals surface area contributed by atoms with E-state index in [1.54, 1.807) is 11.1 Å². The monoisotopic (exact) mass is 216 g/mol. The van der Waals surface area contributed by atoms with E-state index in [4.69, 9.17) is 0 Å². The molecule has 0 aliphatic heterocycles. The summed E-state index contributed by atoms with van der Waals surface area (Å²) in [5.41, 5.74) is 3.42. The van der Waals surface area contributed by atoms with Gasteiger partial charge < -0.3 is 5.11 Å². The van der Waals surface area contributed by atoms with E-state index in [0.29, 0.717) is 12.0 Å². The minimum atomic E-state index is 0.323. The third-order valence-electron chi connectivity index (χ3n) is 4.78. The van der Waals surface area contributed by atoms with Gasteiger partial charge in [0.1, 0.15) is 0 Å². The Labute approximate surface area is 97.5 Å². The summed E-state index contributed by atoms with van der Waals surface area (Å²) in [6.07, 6.45) is 7.57. The quantitative estimate of drug-likeness (QED) is 0.805. The van der Waals surface area contributed by atoms with Crippen molar-refractivity contribution in [1.29, 1.82) is 0 Å². The van der Waals surface area contributed by atoms with Gasteiger partial charge in [0.2, 0.25) is 0 Å². The van der Waals surface area contributed by atoms with Gasteiger partial charge in [0, 0.05) is 12.0 Å².